The normalized spacial score (nSPS) is 11.8. The highest BCUT2D eigenvalue weighted by Crippen LogP contribution is 2.21. The van der Waals surface area contributed by atoms with Crippen LogP contribution in [-0.4, -0.2) is 28.5 Å². The molecule has 0 aliphatic carbocycles. The van der Waals surface area contributed by atoms with Crippen molar-refractivity contribution in [1.82, 2.24) is 15.3 Å². The van der Waals surface area contributed by atoms with Gasteiger partial charge in [0.1, 0.15) is 23.7 Å². The zero-order valence-corrected chi connectivity index (χ0v) is 13.9. The van der Waals surface area contributed by atoms with Crippen LogP contribution in [0.15, 0.2) is 27.8 Å². The summed E-state index contributed by atoms with van der Waals surface area (Å²) in [5.74, 6) is -0.0545. The first-order valence-electron chi connectivity index (χ1n) is 7.10. The second-order valence-corrected chi connectivity index (χ2v) is 5.70. The molecular formula is C15H17ClN4O4. The largest absolute Gasteiger partial charge is 0.491 e. The predicted octanol–water partition coefficient (Wildman–Crippen LogP) is 0.805. The van der Waals surface area contributed by atoms with Gasteiger partial charge in [-0.15, -0.1) is 0 Å². The molecule has 1 heterocycles. The van der Waals surface area contributed by atoms with E-state index < -0.39 is 23.2 Å². The summed E-state index contributed by atoms with van der Waals surface area (Å²) in [6.45, 7) is 3.74. The molecule has 1 atom stereocenters. The van der Waals surface area contributed by atoms with E-state index in [1.807, 2.05) is 11.9 Å². The predicted molar refractivity (Wildman–Crippen MR) is 90.7 cm³/mol. The van der Waals surface area contributed by atoms with Gasteiger partial charge in [-0.25, -0.2) is 4.79 Å². The number of amides is 1. The van der Waals surface area contributed by atoms with Crippen LogP contribution in [0.5, 0.6) is 5.75 Å². The summed E-state index contributed by atoms with van der Waals surface area (Å²) in [5, 5.41) is 3.23. The fourth-order valence-electron chi connectivity index (χ4n) is 1.94. The molecule has 2 rings (SSSR count). The summed E-state index contributed by atoms with van der Waals surface area (Å²) in [7, 11) is 0. The molecule has 8 nitrogen and oxygen atoms in total. The van der Waals surface area contributed by atoms with Gasteiger partial charge in [-0.1, -0.05) is 11.6 Å². The van der Waals surface area contributed by atoms with Crippen molar-refractivity contribution >= 4 is 23.2 Å². The molecule has 5 N–H and O–H groups in total. The van der Waals surface area contributed by atoms with Crippen molar-refractivity contribution < 1.29 is 9.53 Å². The quantitative estimate of drug-likeness (QED) is 0.632. The third kappa shape index (κ3) is 4.17. The third-order valence-corrected chi connectivity index (χ3v) is 3.64. The number of hydrogen-bond donors (Lipinski definition) is 4. The summed E-state index contributed by atoms with van der Waals surface area (Å²) in [5.41, 5.74) is 4.13. The number of hydrogen-bond acceptors (Lipinski definition) is 5. The van der Waals surface area contributed by atoms with Gasteiger partial charge in [-0.05, 0) is 37.6 Å². The maximum Gasteiger partial charge on any atom is 0.326 e. The summed E-state index contributed by atoms with van der Waals surface area (Å²) >= 11 is 5.94. The Morgan fingerprint density at radius 3 is 2.75 bits per heavy atom. The number of aromatic nitrogens is 2. The van der Waals surface area contributed by atoms with Gasteiger partial charge in [0.05, 0.1) is 6.04 Å². The average Bonchev–Trinajstić information content (AvgIpc) is 2.52. The number of ether oxygens (including phenoxy) is 1. The lowest BCUT2D eigenvalue weighted by Crippen LogP contribution is -2.40. The van der Waals surface area contributed by atoms with E-state index in [0.717, 1.165) is 5.56 Å². The van der Waals surface area contributed by atoms with Crippen molar-refractivity contribution in [2.24, 2.45) is 0 Å². The summed E-state index contributed by atoms with van der Waals surface area (Å²) in [6, 6.07) is 4.83. The monoisotopic (exact) mass is 352 g/mol. The second kappa shape index (κ2) is 7.22. The highest BCUT2D eigenvalue weighted by atomic mass is 35.5. The zero-order chi connectivity index (χ0) is 17.9. The summed E-state index contributed by atoms with van der Waals surface area (Å²) in [6.07, 6.45) is 0. The molecule has 1 aromatic heterocycles. The minimum absolute atomic E-state index is 0.181. The molecule has 0 saturated carbocycles. The van der Waals surface area contributed by atoms with E-state index in [2.05, 4.69) is 10.3 Å². The van der Waals surface area contributed by atoms with E-state index in [1.165, 1.54) is 0 Å². The Morgan fingerprint density at radius 1 is 1.38 bits per heavy atom. The van der Waals surface area contributed by atoms with Gasteiger partial charge in [-0.2, -0.15) is 0 Å². The lowest BCUT2D eigenvalue weighted by molar-refractivity contribution is 0.0922. The molecular weight excluding hydrogens is 336 g/mol. The van der Waals surface area contributed by atoms with Crippen LogP contribution >= 0.6 is 11.6 Å². The van der Waals surface area contributed by atoms with Crippen molar-refractivity contribution in [3.63, 3.8) is 0 Å². The van der Waals surface area contributed by atoms with Crippen molar-refractivity contribution in [3.05, 3.63) is 55.3 Å². The number of carbonyl (C=O) groups is 1. The van der Waals surface area contributed by atoms with E-state index in [1.54, 1.807) is 25.1 Å². The number of carbonyl (C=O) groups excluding carboxylic acids is 1. The van der Waals surface area contributed by atoms with E-state index in [9.17, 15) is 14.4 Å². The third-order valence-electron chi connectivity index (χ3n) is 3.21. The first-order valence-corrected chi connectivity index (χ1v) is 7.47. The van der Waals surface area contributed by atoms with E-state index in [-0.39, 0.29) is 18.0 Å². The minimum atomic E-state index is -0.815. The maximum atomic E-state index is 12.1. The molecule has 0 bridgehead atoms. The van der Waals surface area contributed by atoms with Crippen molar-refractivity contribution in [1.29, 1.82) is 0 Å². The minimum Gasteiger partial charge on any atom is -0.491 e. The molecule has 128 valence electrons. The zero-order valence-electron chi connectivity index (χ0n) is 13.1. The highest BCUT2D eigenvalue weighted by Gasteiger charge is 2.16. The van der Waals surface area contributed by atoms with Crippen LogP contribution < -0.4 is 27.0 Å². The summed E-state index contributed by atoms with van der Waals surface area (Å²) in [4.78, 5) is 38.9. The van der Waals surface area contributed by atoms with Crippen LogP contribution in [0.2, 0.25) is 5.02 Å². The van der Waals surface area contributed by atoms with Gasteiger partial charge in [-0.3, -0.25) is 14.6 Å². The fourth-order valence-corrected chi connectivity index (χ4v) is 2.06. The fraction of sp³-hybridized carbons (Fsp3) is 0.267. The molecule has 0 saturated heterocycles. The standard InChI is InChI=1S/C15H17ClN4O4/c1-7-5-9(3-4-10(7)16)24-6-8(2)18-14(22)12-11(17)13(21)20-15(23)19-12/h3-5,8H,6,17H2,1-2H3,(H,18,22)(H2,19,20,21,23). The Bertz CT molecular complexity index is 875. The van der Waals surface area contributed by atoms with E-state index in [0.29, 0.717) is 10.8 Å². The van der Waals surface area contributed by atoms with Gasteiger partial charge >= 0.3 is 5.69 Å². The number of H-pyrrole nitrogens is 2. The Labute approximate surface area is 142 Å². The van der Waals surface area contributed by atoms with Gasteiger partial charge < -0.3 is 20.8 Å². The average molecular weight is 353 g/mol. The Morgan fingerprint density at radius 2 is 2.08 bits per heavy atom. The smallest absolute Gasteiger partial charge is 0.326 e. The molecule has 0 radical (unpaired) electrons. The second-order valence-electron chi connectivity index (χ2n) is 5.29. The number of rotatable bonds is 5. The van der Waals surface area contributed by atoms with Gasteiger partial charge in [0.25, 0.3) is 11.5 Å². The Kier molecular flexibility index (Phi) is 5.30. The topological polar surface area (TPSA) is 130 Å². The summed E-state index contributed by atoms with van der Waals surface area (Å²) < 4.78 is 5.57. The molecule has 1 unspecified atom stereocenters. The lowest BCUT2D eigenvalue weighted by atomic mass is 10.2. The van der Waals surface area contributed by atoms with Crippen LogP contribution in [0.25, 0.3) is 0 Å². The molecule has 24 heavy (non-hydrogen) atoms. The molecule has 2 aromatic rings. The molecule has 9 heteroatoms. The van der Waals surface area contributed by atoms with Crippen molar-refractivity contribution in [2.45, 2.75) is 19.9 Å². The molecule has 1 aromatic carbocycles. The van der Waals surface area contributed by atoms with Crippen LogP contribution in [0.1, 0.15) is 23.0 Å². The van der Waals surface area contributed by atoms with Crippen molar-refractivity contribution in [2.75, 3.05) is 12.3 Å². The van der Waals surface area contributed by atoms with Crippen LogP contribution in [0.3, 0.4) is 0 Å². The molecule has 0 fully saturated rings. The van der Waals surface area contributed by atoms with E-state index in [4.69, 9.17) is 22.1 Å². The first kappa shape index (κ1) is 17.6. The highest BCUT2D eigenvalue weighted by molar-refractivity contribution is 6.31. The molecule has 0 aliphatic rings. The van der Waals surface area contributed by atoms with Crippen LogP contribution in [0.4, 0.5) is 5.69 Å². The van der Waals surface area contributed by atoms with Crippen molar-refractivity contribution in [3.8, 4) is 5.75 Å². The number of aryl methyl sites for hydroxylation is 1. The van der Waals surface area contributed by atoms with E-state index >= 15 is 0 Å². The van der Waals surface area contributed by atoms with Gasteiger partial charge in [0.2, 0.25) is 0 Å². The van der Waals surface area contributed by atoms with Crippen LogP contribution in [-0.2, 0) is 0 Å². The number of halogens is 1. The number of nitrogens with two attached hydrogens (primary N) is 1. The molecule has 1 amide bonds. The maximum absolute atomic E-state index is 12.1. The Balaban J connectivity index is 2.00. The first-order chi connectivity index (χ1) is 11.3. The number of benzene rings is 1. The Hall–Kier alpha value is -2.74. The van der Waals surface area contributed by atoms with Crippen LogP contribution in [0, 0.1) is 6.92 Å². The number of nitrogens with one attached hydrogen (secondary N) is 3. The lowest BCUT2D eigenvalue weighted by Gasteiger charge is -2.15. The van der Waals surface area contributed by atoms with Gasteiger partial charge in [0.15, 0.2) is 0 Å². The number of aromatic amines is 2. The SMILES string of the molecule is Cc1cc(OCC(C)NC(=O)c2[nH]c(=O)[nH]c(=O)c2N)ccc1Cl. The molecule has 0 spiro atoms. The number of anilines is 1. The van der Waals surface area contributed by atoms with Gasteiger partial charge in [0, 0.05) is 5.02 Å². The number of nitrogen functional groups attached to an aromatic ring is 1. The molecule has 0 aliphatic heterocycles.